The van der Waals surface area contributed by atoms with Gasteiger partial charge in [0.05, 0.1) is 12.8 Å². The van der Waals surface area contributed by atoms with Gasteiger partial charge in [0.2, 0.25) is 0 Å². The summed E-state index contributed by atoms with van der Waals surface area (Å²) in [6.45, 7) is 0.746. The first-order chi connectivity index (χ1) is 12.8. The van der Waals surface area contributed by atoms with Crippen molar-refractivity contribution in [3.63, 3.8) is 0 Å². The lowest BCUT2D eigenvalue weighted by Gasteiger charge is -2.14. The van der Waals surface area contributed by atoms with Crippen LogP contribution in [0.3, 0.4) is 0 Å². The Kier molecular flexibility index (Phi) is 4.57. The fourth-order valence-electron chi connectivity index (χ4n) is 3.29. The Balaban J connectivity index is 1.65. The number of hydrogen-bond donors (Lipinski definition) is 1. The summed E-state index contributed by atoms with van der Waals surface area (Å²) in [5, 5.41) is 6.10. The van der Waals surface area contributed by atoms with E-state index in [9.17, 15) is 0 Å². The van der Waals surface area contributed by atoms with Gasteiger partial charge in [0.15, 0.2) is 0 Å². The van der Waals surface area contributed by atoms with Gasteiger partial charge in [-0.2, -0.15) is 0 Å². The molecule has 0 bridgehead atoms. The minimum atomic E-state index is 0.746. The average Bonchev–Trinajstić information content (AvgIpc) is 2.72. The van der Waals surface area contributed by atoms with E-state index in [1.165, 1.54) is 27.5 Å². The number of fused-ring (bicyclic) bond motifs is 1. The molecule has 0 aliphatic heterocycles. The zero-order valence-corrected chi connectivity index (χ0v) is 14.8. The summed E-state index contributed by atoms with van der Waals surface area (Å²) in [5.74, 6) is 0.852. The molecule has 0 spiro atoms. The molecule has 0 aromatic heterocycles. The summed E-state index contributed by atoms with van der Waals surface area (Å²) in [6, 6.07) is 31.6. The molecule has 0 saturated heterocycles. The van der Waals surface area contributed by atoms with Crippen LogP contribution in [-0.4, -0.2) is 7.11 Å². The van der Waals surface area contributed by atoms with E-state index in [-0.39, 0.29) is 0 Å². The lowest BCUT2D eigenvalue weighted by Crippen LogP contribution is -2.02. The number of anilines is 1. The van der Waals surface area contributed by atoms with Crippen LogP contribution in [0.15, 0.2) is 91.0 Å². The van der Waals surface area contributed by atoms with Crippen LogP contribution in [0.4, 0.5) is 5.69 Å². The number of nitrogens with one attached hydrogen (secondary N) is 1. The van der Waals surface area contributed by atoms with E-state index < -0.39 is 0 Å². The predicted molar refractivity (Wildman–Crippen MR) is 110 cm³/mol. The summed E-state index contributed by atoms with van der Waals surface area (Å²) >= 11 is 0. The first kappa shape index (κ1) is 16.2. The second-order valence-electron chi connectivity index (χ2n) is 6.27. The van der Waals surface area contributed by atoms with Gasteiger partial charge in [-0.05, 0) is 39.6 Å². The van der Waals surface area contributed by atoms with E-state index in [1.54, 1.807) is 7.11 Å². The average molecular weight is 339 g/mol. The molecule has 0 aliphatic carbocycles. The van der Waals surface area contributed by atoms with Gasteiger partial charge in [0.25, 0.3) is 0 Å². The van der Waals surface area contributed by atoms with Gasteiger partial charge in [-0.3, -0.25) is 0 Å². The zero-order chi connectivity index (χ0) is 17.8. The van der Waals surface area contributed by atoms with E-state index in [1.807, 2.05) is 12.1 Å². The number of benzene rings is 4. The van der Waals surface area contributed by atoms with Crippen molar-refractivity contribution in [1.82, 2.24) is 0 Å². The Bertz CT molecular complexity index is 1020. The number of rotatable bonds is 5. The van der Waals surface area contributed by atoms with Crippen molar-refractivity contribution in [1.29, 1.82) is 0 Å². The topological polar surface area (TPSA) is 21.3 Å². The molecule has 0 amide bonds. The third kappa shape index (κ3) is 3.27. The largest absolute Gasteiger partial charge is 0.495 e. The molecule has 26 heavy (non-hydrogen) atoms. The monoisotopic (exact) mass is 339 g/mol. The van der Waals surface area contributed by atoms with Crippen LogP contribution in [0.25, 0.3) is 21.9 Å². The Morgan fingerprint density at radius 3 is 2.35 bits per heavy atom. The molecule has 0 fully saturated rings. The van der Waals surface area contributed by atoms with Gasteiger partial charge in [0.1, 0.15) is 5.75 Å². The van der Waals surface area contributed by atoms with Crippen molar-refractivity contribution in [3.05, 3.63) is 96.6 Å². The highest BCUT2D eigenvalue weighted by molar-refractivity contribution is 5.86. The molecule has 0 atom stereocenters. The normalized spacial score (nSPS) is 10.7. The quantitative estimate of drug-likeness (QED) is 0.472. The molecule has 0 saturated carbocycles. The van der Waals surface area contributed by atoms with Crippen LogP contribution in [0.1, 0.15) is 5.56 Å². The minimum absolute atomic E-state index is 0.746. The van der Waals surface area contributed by atoms with Crippen LogP contribution in [0, 0.1) is 0 Å². The van der Waals surface area contributed by atoms with Crippen molar-refractivity contribution >= 4 is 16.5 Å². The number of ether oxygens (including phenoxy) is 1. The second-order valence-corrected chi connectivity index (χ2v) is 6.27. The highest BCUT2D eigenvalue weighted by atomic mass is 16.5. The van der Waals surface area contributed by atoms with Gasteiger partial charge in [0, 0.05) is 6.54 Å². The molecule has 2 nitrogen and oxygen atoms in total. The molecule has 0 radical (unpaired) electrons. The van der Waals surface area contributed by atoms with E-state index in [0.29, 0.717) is 0 Å². The molecular weight excluding hydrogens is 318 g/mol. The van der Waals surface area contributed by atoms with Crippen LogP contribution in [0.2, 0.25) is 0 Å². The molecule has 0 heterocycles. The minimum Gasteiger partial charge on any atom is -0.495 e. The van der Waals surface area contributed by atoms with E-state index in [4.69, 9.17) is 4.74 Å². The van der Waals surface area contributed by atoms with Crippen molar-refractivity contribution in [2.45, 2.75) is 6.54 Å². The molecule has 1 N–H and O–H groups in total. The van der Waals surface area contributed by atoms with Crippen molar-refractivity contribution in [2.24, 2.45) is 0 Å². The van der Waals surface area contributed by atoms with E-state index in [2.05, 4.69) is 84.2 Å². The molecule has 2 heteroatoms. The summed E-state index contributed by atoms with van der Waals surface area (Å²) in [7, 11) is 1.71. The Hall–Kier alpha value is -3.26. The summed E-state index contributed by atoms with van der Waals surface area (Å²) in [5.41, 5.74) is 4.65. The molecule has 4 aromatic carbocycles. The lowest BCUT2D eigenvalue weighted by atomic mass is 10.0. The van der Waals surface area contributed by atoms with Crippen LogP contribution < -0.4 is 10.1 Å². The summed E-state index contributed by atoms with van der Waals surface area (Å²) in [4.78, 5) is 0. The van der Waals surface area contributed by atoms with Crippen molar-refractivity contribution in [2.75, 3.05) is 12.4 Å². The lowest BCUT2D eigenvalue weighted by molar-refractivity contribution is 0.416. The maximum atomic E-state index is 5.55. The Morgan fingerprint density at radius 2 is 1.50 bits per heavy atom. The standard InChI is InChI=1S/C24H21NO/c1-26-24-15-14-20(18-8-3-2-4-9-18)16-23(24)25-17-21-12-7-11-19-10-5-6-13-22(19)21/h2-16,25H,17H2,1H3. The molecule has 4 rings (SSSR count). The molecule has 4 aromatic rings. The zero-order valence-electron chi connectivity index (χ0n) is 14.8. The summed E-state index contributed by atoms with van der Waals surface area (Å²) in [6.07, 6.45) is 0. The van der Waals surface area contributed by atoms with Gasteiger partial charge >= 0.3 is 0 Å². The third-order valence-corrected chi connectivity index (χ3v) is 4.66. The van der Waals surface area contributed by atoms with Crippen LogP contribution >= 0.6 is 0 Å². The van der Waals surface area contributed by atoms with Crippen LogP contribution in [0.5, 0.6) is 5.75 Å². The highest BCUT2D eigenvalue weighted by Gasteiger charge is 2.07. The molecular formula is C24H21NO. The Morgan fingerprint density at radius 1 is 0.731 bits per heavy atom. The van der Waals surface area contributed by atoms with Crippen molar-refractivity contribution in [3.8, 4) is 16.9 Å². The third-order valence-electron chi connectivity index (χ3n) is 4.66. The maximum Gasteiger partial charge on any atom is 0.141 e. The number of hydrogen-bond acceptors (Lipinski definition) is 2. The van der Waals surface area contributed by atoms with Gasteiger partial charge in [-0.25, -0.2) is 0 Å². The molecule has 128 valence electrons. The van der Waals surface area contributed by atoms with Gasteiger partial charge in [-0.1, -0.05) is 78.9 Å². The van der Waals surface area contributed by atoms with Crippen molar-refractivity contribution < 1.29 is 4.74 Å². The number of methoxy groups -OCH3 is 1. The fraction of sp³-hybridized carbons (Fsp3) is 0.0833. The fourth-order valence-corrected chi connectivity index (χ4v) is 3.29. The highest BCUT2D eigenvalue weighted by Crippen LogP contribution is 2.31. The van der Waals surface area contributed by atoms with E-state index in [0.717, 1.165) is 18.0 Å². The maximum absolute atomic E-state index is 5.55. The molecule has 0 unspecified atom stereocenters. The van der Waals surface area contributed by atoms with Crippen LogP contribution in [-0.2, 0) is 6.54 Å². The Labute approximate surface area is 154 Å². The first-order valence-corrected chi connectivity index (χ1v) is 8.79. The van der Waals surface area contributed by atoms with E-state index >= 15 is 0 Å². The smallest absolute Gasteiger partial charge is 0.141 e. The second kappa shape index (κ2) is 7.32. The first-order valence-electron chi connectivity index (χ1n) is 8.79. The van der Waals surface area contributed by atoms with Gasteiger partial charge in [-0.15, -0.1) is 0 Å². The molecule has 0 aliphatic rings. The SMILES string of the molecule is COc1ccc(-c2ccccc2)cc1NCc1cccc2ccccc12. The summed E-state index contributed by atoms with van der Waals surface area (Å²) < 4.78 is 5.55. The predicted octanol–water partition coefficient (Wildman–Crippen LogP) is 6.13. The van der Waals surface area contributed by atoms with Gasteiger partial charge < -0.3 is 10.1 Å².